The fourth-order valence-electron chi connectivity index (χ4n) is 1.91. The van der Waals surface area contributed by atoms with Crippen LogP contribution in [-0.2, 0) is 4.79 Å². The van der Waals surface area contributed by atoms with E-state index in [2.05, 4.69) is 16.3 Å². The summed E-state index contributed by atoms with van der Waals surface area (Å²) in [6, 6.07) is 2.13. The largest absolute Gasteiger partial charge is 0.356 e. The molecule has 1 fully saturated rings. The Kier molecular flexibility index (Phi) is 5.13. The molecule has 1 saturated heterocycles. The minimum Gasteiger partial charge on any atom is -0.356 e. The van der Waals surface area contributed by atoms with Crippen molar-refractivity contribution >= 4 is 5.91 Å². The van der Waals surface area contributed by atoms with Crippen LogP contribution in [0.25, 0.3) is 0 Å². The lowest BCUT2D eigenvalue weighted by Crippen LogP contribution is -2.43. The van der Waals surface area contributed by atoms with Gasteiger partial charge in [-0.25, -0.2) is 0 Å². The van der Waals surface area contributed by atoms with Crippen LogP contribution in [0.1, 0.15) is 26.2 Å². The van der Waals surface area contributed by atoms with Crippen molar-refractivity contribution < 1.29 is 4.79 Å². The number of nitrogens with one attached hydrogen (secondary N) is 1. The van der Waals surface area contributed by atoms with E-state index in [1.807, 2.05) is 6.92 Å². The smallest absolute Gasteiger partial charge is 0.224 e. The quantitative estimate of drug-likeness (QED) is 0.695. The molecule has 0 bridgehead atoms. The zero-order valence-electron chi connectivity index (χ0n) is 9.33. The summed E-state index contributed by atoms with van der Waals surface area (Å²) >= 11 is 0. The average molecular weight is 209 g/mol. The first kappa shape index (κ1) is 12.0. The van der Waals surface area contributed by atoms with Gasteiger partial charge in [0.15, 0.2) is 0 Å². The van der Waals surface area contributed by atoms with Crippen molar-refractivity contribution in [3.8, 4) is 6.07 Å². The molecule has 1 aliphatic rings. The highest BCUT2D eigenvalue weighted by Gasteiger charge is 2.24. The van der Waals surface area contributed by atoms with Crippen molar-refractivity contribution in [2.45, 2.75) is 26.2 Å². The maximum Gasteiger partial charge on any atom is 0.224 e. The molecule has 15 heavy (non-hydrogen) atoms. The van der Waals surface area contributed by atoms with E-state index in [1.165, 1.54) is 0 Å². The van der Waals surface area contributed by atoms with Crippen molar-refractivity contribution in [3.05, 3.63) is 0 Å². The van der Waals surface area contributed by atoms with Crippen LogP contribution in [0, 0.1) is 17.2 Å². The normalized spacial score (nSPS) is 22.0. The third-order valence-electron chi connectivity index (χ3n) is 2.72. The number of nitriles is 1. The summed E-state index contributed by atoms with van der Waals surface area (Å²) in [5.41, 5.74) is 0. The van der Waals surface area contributed by atoms with E-state index in [1.54, 1.807) is 0 Å². The number of nitrogens with zero attached hydrogens (tertiary/aromatic N) is 2. The van der Waals surface area contributed by atoms with Crippen LogP contribution in [0.3, 0.4) is 0 Å². The van der Waals surface area contributed by atoms with Gasteiger partial charge in [0.05, 0.1) is 18.5 Å². The molecule has 4 nitrogen and oxygen atoms in total. The van der Waals surface area contributed by atoms with E-state index in [0.29, 0.717) is 6.54 Å². The van der Waals surface area contributed by atoms with Gasteiger partial charge in [0.2, 0.25) is 5.91 Å². The Bertz CT molecular complexity index is 247. The molecular formula is C11H19N3O. The van der Waals surface area contributed by atoms with Crippen LogP contribution in [0.2, 0.25) is 0 Å². The molecule has 4 heteroatoms. The van der Waals surface area contributed by atoms with Crippen LogP contribution in [0.4, 0.5) is 0 Å². The topological polar surface area (TPSA) is 56.1 Å². The van der Waals surface area contributed by atoms with Gasteiger partial charge in [-0.1, -0.05) is 6.92 Å². The van der Waals surface area contributed by atoms with Gasteiger partial charge in [0, 0.05) is 13.1 Å². The number of carbonyl (C=O) groups is 1. The van der Waals surface area contributed by atoms with Gasteiger partial charge < -0.3 is 5.32 Å². The molecule has 0 aromatic rings. The van der Waals surface area contributed by atoms with Crippen molar-refractivity contribution in [2.24, 2.45) is 5.92 Å². The fourth-order valence-corrected chi connectivity index (χ4v) is 1.91. The van der Waals surface area contributed by atoms with Gasteiger partial charge >= 0.3 is 0 Å². The predicted octanol–water partition coefficient (Wildman–Crippen LogP) is 0.748. The Balaban J connectivity index is 2.35. The molecule has 0 aliphatic carbocycles. The Morgan fingerprint density at radius 3 is 3.13 bits per heavy atom. The Hall–Kier alpha value is -1.08. The number of amides is 1. The molecule has 0 aromatic heterocycles. The van der Waals surface area contributed by atoms with Gasteiger partial charge in [-0.3, -0.25) is 9.69 Å². The summed E-state index contributed by atoms with van der Waals surface area (Å²) in [6.45, 7) is 4.93. The monoisotopic (exact) mass is 209 g/mol. The van der Waals surface area contributed by atoms with Crippen molar-refractivity contribution in [3.63, 3.8) is 0 Å². The first-order valence-corrected chi connectivity index (χ1v) is 5.65. The first-order valence-electron chi connectivity index (χ1n) is 5.65. The number of likely N-dealkylation sites (tertiary alicyclic amines) is 1. The standard InChI is InChI=1S/C11H19N3O/c1-2-6-13-11(15)10-4-3-7-14(9-10)8-5-12/h10H,2-4,6-9H2,1H3,(H,13,15). The van der Waals surface area contributed by atoms with Crippen LogP contribution in [0.15, 0.2) is 0 Å². The molecule has 0 saturated carbocycles. The van der Waals surface area contributed by atoms with E-state index in [0.717, 1.165) is 38.9 Å². The number of rotatable bonds is 4. The number of hydrogen-bond acceptors (Lipinski definition) is 3. The minimum absolute atomic E-state index is 0.0821. The predicted molar refractivity (Wildman–Crippen MR) is 58.1 cm³/mol. The second kappa shape index (κ2) is 6.41. The Morgan fingerprint density at radius 2 is 2.47 bits per heavy atom. The minimum atomic E-state index is 0.0821. The maximum absolute atomic E-state index is 11.7. The van der Waals surface area contributed by atoms with Crippen molar-refractivity contribution in [2.75, 3.05) is 26.2 Å². The molecule has 0 aromatic carbocycles. The van der Waals surface area contributed by atoms with E-state index in [4.69, 9.17) is 5.26 Å². The summed E-state index contributed by atoms with van der Waals surface area (Å²) < 4.78 is 0. The molecule has 1 rings (SSSR count). The zero-order chi connectivity index (χ0) is 11.1. The Morgan fingerprint density at radius 1 is 1.67 bits per heavy atom. The summed E-state index contributed by atoms with van der Waals surface area (Å²) in [4.78, 5) is 13.7. The van der Waals surface area contributed by atoms with Gasteiger partial charge in [-0.2, -0.15) is 5.26 Å². The second-order valence-corrected chi connectivity index (χ2v) is 4.02. The van der Waals surface area contributed by atoms with E-state index >= 15 is 0 Å². The molecular weight excluding hydrogens is 190 g/mol. The highest BCUT2D eigenvalue weighted by Crippen LogP contribution is 2.15. The number of carbonyl (C=O) groups excluding carboxylic acids is 1. The van der Waals surface area contributed by atoms with Gasteiger partial charge in [-0.15, -0.1) is 0 Å². The average Bonchev–Trinajstić information content (AvgIpc) is 2.27. The summed E-state index contributed by atoms with van der Waals surface area (Å²) in [7, 11) is 0. The highest BCUT2D eigenvalue weighted by atomic mass is 16.1. The van der Waals surface area contributed by atoms with Crippen LogP contribution < -0.4 is 5.32 Å². The summed E-state index contributed by atoms with van der Waals surface area (Å²) in [5.74, 6) is 0.234. The van der Waals surface area contributed by atoms with E-state index < -0.39 is 0 Å². The van der Waals surface area contributed by atoms with Crippen LogP contribution >= 0.6 is 0 Å². The Labute approximate surface area is 91.2 Å². The van der Waals surface area contributed by atoms with E-state index in [-0.39, 0.29) is 11.8 Å². The lowest BCUT2D eigenvalue weighted by Gasteiger charge is -2.30. The molecule has 1 aliphatic heterocycles. The molecule has 1 unspecified atom stereocenters. The third kappa shape index (κ3) is 3.88. The third-order valence-corrected chi connectivity index (χ3v) is 2.72. The zero-order valence-corrected chi connectivity index (χ0v) is 9.33. The second-order valence-electron chi connectivity index (χ2n) is 4.02. The van der Waals surface area contributed by atoms with Gasteiger partial charge in [-0.05, 0) is 25.8 Å². The molecule has 1 heterocycles. The fraction of sp³-hybridized carbons (Fsp3) is 0.818. The highest BCUT2D eigenvalue weighted by molar-refractivity contribution is 5.78. The summed E-state index contributed by atoms with van der Waals surface area (Å²) in [6.07, 6.45) is 2.95. The summed E-state index contributed by atoms with van der Waals surface area (Å²) in [5, 5.41) is 11.5. The van der Waals surface area contributed by atoms with Crippen molar-refractivity contribution in [1.29, 1.82) is 5.26 Å². The molecule has 1 amide bonds. The van der Waals surface area contributed by atoms with Crippen LogP contribution in [0.5, 0.6) is 0 Å². The van der Waals surface area contributed by atoms with Gasteiger partial charge in [0.25, 0.3) is 0 Å². The van der Waals surface area contributed by atoms with Crippen molar-refractivity contribution in [1.82, 2.24) is 10.2 Å². The molecule has 1 atom stereocenters. The van der Waals surface area contributed by atoms with E-state index in [9.17, 15) is 4.79 Å². The molecule has 84 valence electrons. The SMILES string of the molecule is CCCNC(=O)C1CCCN(CC#N)C1. The molecule has 0 radical (unpaired) electrons. The maximum atomic E-state index is 11.7. The van der Waals surface area contributed by atoms with Gasteiger partial charge in [0.1, 0.15) is 0 Å². The van der Waals surface area contributed by atoms with Crippen LogP contribution in [-0.4, -0.2) is 37.0 Å². The molecule has 1 N–H and O–H groups in total. The number of piperidine rings is 1. The first-order chi connectivity index (χ1) is 7.27. The molecule has 0 spiro atoms. The number of hydrogen-bond donors (Lipinski definition) is 1. The lowest BCUT2D eigenvalue weighted by molar-refractivity contribution is -0.126. The lowest BCUT2D eigenvalue weighted by atomic mass is 9.97.